The molecule has 0 atom stereocenters. The minimum absolute atomic E-state index is 0.0423. The summed E-state index contributed by atoms with van der Waals surface area (Å²) in [6, 6.07) is 9.32. The summed E-state index contributed by atoms with van der Waals surface area (Å²) >= 11 is 0. The van der Waals surface area contributed by atoms with E-state index in [9.17, 15) is 9.59 Å². The van der Waals surface area contributed by atoms with Crippen molar-refractivity contribution in [3.8, 4) is 5.75 Å². The van der Waals surface area contributed by atoms with Crippen molar-refractivity contribution in [3.63, 3.8) is 0 Å². The molecule has 0 aliphatic rings. The van der Waals surface area contributed by atoms with Gasteiger partial charge in [-0.25, -0.2) is 0 Å². The predicted molar refractivity (Wildman–Crippen MR) is 96.5 cm³/mol. The van der Waals surface area contributed by atoms with Gasteiger partial charge in [0.15, 0.2) is 0 Å². The minimum Gasteiger partial charge on any atom is -0.490 e. The highest BCUT2D eigenvalue weighted by Gasteiger charge is 2.09. The second-order valence-electron chi connectivity index (χ2n) is 5.87. The van der Waals surface area contributed by atoms with Gasteiger partial charge in [-0.05, 0) is 18.6 Å². The van der Waals surface area contributed by atoms with E-state index in [0.717, 1.165) is 18.6 Å². The Labute approximate surface area is 150 Å². The smallest absolute Gasteiger partial charge is 0.306 e. The van der Waals surface area contributed by atoms with Crippen LogP contribution in [0.5, 0.6) is 5.75 Å². The van der Waals surface area contributed by atoms with Gasteiger partial charge in [-0.2, -0.15) is 0 Å². The number of ether oxygens (including phenoxy) is 3. The van der Waals surface area contributed by atoms with Gasteiger partial charge in [0.1, 0.15) is 19.0 Å². The first kappa shape index (κ1) is 21.0. The van der Waals surface area contributed by atoms with Crippen LogP contribution in [0.2, 0.25) is 0 Å². The van der Waals surface area contributed by atoms with Gasteiger partial charge in [-0.15, -0.1) is 0 Å². The third-order valence-electron chi connectivity index (χ3n) is 3.65. The molecule has 0 amide bonds. The second-order valence-corrected chi connectivity index (χ2v) is 5.87. The fourth-order valence-electron chi connectivity index (χ4n) is 2.25. The van der Waals surface area contributed by atoms with E-state index in [1.54, 1.807) is 0 Å². The Balaban J connectivity index is 1.93. The van der Waals surface area contributed by atoms with Crippen LogP contribution in [0, 0.1) is 0 Å². The van der Waals surface area contributed by atoms with Crippen LogP contribution in [0.1, 0.15) is 58.3 Å². The molecule has 0 unspecified atom stereocenters. The molecule has 0 N–H and O–H groups in total. The first-order chi connectivity index (χ1) is 12.2. The summed E-state index contributed by atoms with van der Waals surface area (Å²) in [6.07, 6.45) is 6.98. The molecule has 0 saturated heterocycles. The van der Waals surface area contributed by atoms with Crippen LogP contribution < -0.4 is 4.74 Å². The zero-order chi connectivity index (χ0) is 18.2. The van der Waals surface area contributed by atoms with Crippen LogP contribution in [0.25, 0.3) is 0 Å². The van der Waals surface area contributed by atoms with Gasteiger partial charge >= 0.3 is 11.9 Å². The Kier molecular flexibility index (Phi) is 12.0. The van der Waals surface area contributed by atoms with E-state index in [4.69, 9.17) is 14.2 Å². The van der Waals surface area contributed by atoms with E-state index in [1.807, 2.05) is 30.3 Å². The van der Waals surface area contributed by atoms with Crippen LogP contribution in [0.4, 0.5) is 0 Å². The van der Waals surface area contributed by atoms with Crippen molar-refractivity contribution in [2.24, 2.45) is 0 Å². The molecule has 0 aliphatic carbocycles. The fourth-order valence-corrected chi connectivity index (χ4v) is 2.25. The maximum Gasteiger partial charge on any atom is 0.306 e. The summed E-state index contributed by atoms with van der Waals surface area (Å²) in [7, 11) is 0. The van der Waals surface area contributed by atoms with Gasteiger partial charge in [0.05, 0.1) is 19.4 Å². The first-order valence-electron chi connectivity index (χ1n) is 9.21. The molecule has 1 rings (SSSR count). The second kappa shape index (κ2) is 14.3. The molecule has 5 heteroatoms. The summed E-state index contributed by atoms with van der Waals surface area (Å²) in [6.45, 7) is 3.08. The average molecular weight is 350 g/mol. The molecule has 0 saturated carbocycles. The number of unbranched alkanes of at least 4 members (excludes halogenated alkanes) is 5. The number of rotatable bonds is 14. The van der Waals surface area contributed by atoms with E-state index in [0.29, 0.717) is 6.61 Å². The minimum atomic E-state index is -0.409. The molecule has 0 heterocycles. The molecule has 25 heavy (non-hydrogen) atoms. The number of para-hydroxylation sites is 1. The van der Waals surface area contributed by atoms with Gasteiger partial charge in [-0.3, -0.25) is 9.59 Å². The van der Waals surface area contributed by atoms with Gasteiger partial charge in [0.2, 0.25) is 0 Å². The normalized spacial score (nSPS) is 10.3. The standard InChI is InChI=1S/C20H30O5/c1-2-3-4-5-6-10-15-24-19(21)13-14-20(22)25-17-16-23-18-11-8-7-9-12-18/h7-9,11-12H,2-6,10,13-17H2,1H3. The van der Waals surface area contributed by atoms with Crippen LogP contribution in [0.15, 0.2) is 30.3 Å². The molecule has 0 aromatic heterocycles. The monoisotopic (exact) mass is 350 g/mol. The molecule has 1 aromatic carbocycles. The molecule has 0 bridgehead atoms. The van der Waals surface area contributed by atoms with Crippen molar-refractivity contribution in [2.45, 2.75) is 58.3 Å². The Bertz CT molecular complexity index is 472. The lowest BCUT2D eigenvalue weighted by atomic mass is 10.1. The third-order valence-corrected chi connectivity index (χ3v) is 3.65. The highest BCUT2D eigenvalue weighted by Crippen LogP contribution is 2.08. The number of benzene rings is 1. The highest BCUT2D eigenvalue weighted by molar-refractivity contribution is 5.77. The van der Waals surface area contributed by atoms with Crippen molar-refractivity contribution < 1.29 is 23.8 Å². The topological polar surface area (TPSA) is 61.8 Å². The molecule has 1 aromatic rings. The van der Waals surface area contributed by atoms with Crippen molar-refractivity contribution in [1.82, 2.24) is 0 Å². The Hall–Kier alpha value is -2.04. The number of esters is 2. The van der Waals surface area contributed by atoms with Crippen LogP contribution in [-0.4, -0.2) is 31.8 Å². The van der Waals surface area contributed by atoms with Gasteiger partial charge < -0.3 is 14.2 Å². The Morgan fingerprint density at radius 1 is 0.760 bits per heavy atom. The van der Waals surface area contributed by atoms with Gasteiger partial charge in [-0.1, -0.05) is 57.2 Å². The van der Waals surface area contributed by atoms with E-state index in [1.165, 1.54) is 25.7 Å². The summed E-state index contributed by atoms with van der Waals surface area (Å²) in [5.41, 5.74) is 0. The number of carbonyl (C=O) groups excluding carboxylic acids is 2. The van der Waals surface area contributed by atoms with E-state index in [2.05, 4.69) is 6.92 Å². The SMILES string of the molecule is CCCCCCCCOC(=O)CCC(=O)OCCOc1ccccc1. The zero-order valence-corrected chi connectivity index (χ0v) is 15.2. The van der Waals surface area contributed by atoms with E-state index >= 15 is 0 Å². The molecule has 140 valence electrons. The number of hydrogen-bond donors (Lipinski definition) is 0. The molecule has 0 spiro atoms. The number of hydrogen-bond acceptors (Lipinski definition) is 5. The first-order valence-corrected chi connectivity index (χ1v) is 9.21. The lowest BCUT2D eigenvalue weighted by Gasteiger charge is -2.07. The molecule has 5 nitrogen and oxygen atoms in total. The van der Waals surface area contributed by atoms with Crippen LogP contribution >= 0.6 is 0 Å². The zero-order valence-electron chi connectivity index (χ0n) is 15.2. The lowest BCUT2D eigenvalue weighted by molar-refractivity contribution is -0.150. The predicted octanol–water partition coefficient (Wildman–Crippen LogP) is 4.29. The summed E-state index contributed by atoms with van der Waals surface area (Å²) < 4.78 is 15.5. The van der Waals surface area contributed by atoms with Crippen molar-refractivity contribution in [2.75, 3.05) is 19.8 Å². The third kappa shape index (κ3) is 12.0. The van der Waals surface area contributed by atoms with Gasteiger partial charge in [0, 0.05) is 0 Å². The van der Waals surface area contributed by atoms with E-state index < -0.39 is 5.97 Å². The average Bonchev–Trinajstić information content (AvgIpc) is 2.63. The Morgan fingerprint density at radius 3 is 2.04 bits per heavy atom. The molecule has 0 aliphatic heterocycles. The summed E-state index contributed by atoms with van der Waals surface area (Å²) in [5, 5.41) is 0. The lowest BCUT2D eigenvalue weighted by Crippen LogP contribution is -2.14. The quantitative estimate of drug-likeness (QED) is 0.370. The fraction of sp³-hybridized carbons (Fsp3) is 0.600. The highest BCUT2D eigenvalue weighted by atomic mass is 16.6. The molecule has 0 fully saturated rings. The van der Waals surface area contributed by atoms with Crippen LogP contribution in [0.3, 0.4) is 0 Å². The summed E-state index contributed by atoms with van der Waals surface area (Å²) in [4.78, 5) is 23.1. The maximum absolute atomic E-state index is 11.5. The molecular formula is C20H30O5. The maximum atomic E-state index is 11.5. The van der Waals surface area contributed by atoms with Crippen molar-refractivity contribution in [1.29, 1.82) is 0 Å². The van der Waals surface area contributed by atoms with Crippen molar-refractivity contribution >= 4 is 11.9 Å². The van der Waals surface area contributed by atoms with E-state index in [-0.39, 0.29) is 32.0 Å². The Morgan fingerprint density at radius 2 is 1.36 bits per heavy atom. The van der Waals surface area contributed by atoms with Crippen molar-refractivity contribution in [3.05, 3.63) is 30.3 Å². The van der Waals surface area contributed by atoms with Crippen LogP contribution in [-0.2, 0) is 19.1 Å². The molecular weight excluding hydrogens is 320 g/mol. The summed E-state index contributed by atoms with van der Waals surface area (Å²) in [5.74, 6) is -0.0176. The largest absolute Gasteiger partial charge is 0.490 e. The molecule has 0 radical (unpaired) electrons. The number of carbonyl (C=O) groups is 2. The van der Waals surface area contributed by atoms with Gasteiger partial charge in [0.25, 0.3) is 0 Å².